The highest BCUT2D eigenvalue weighted by atomic mass is 32.2. The average molecular weight is 490 g/mol. The van der Waals surface area contributed by atoms with Crippen molar-refractivity contribution < 1.29 is 17.9 Å². The van der Waals surface area contributed by atoms with Gasteiger partial charge < -0.3 is 10.1 Å². The molecule has 0 aliphatic heterocycles. The summed E-state index contributed by atoms with van der Waals surface area (Å²) in [7, 11) is -2.50. The van der Waals surface area contributed by atoms with Crippen molar-refractivity contribution in [3.05, 3.63) is 89.6 Å². The molecule has 0 saturated heterocycles. The predicted octanol–water partition coefficient (Wildman–Crippen LogP) is 4.89. The number of anilines is 1. The fraction of sp³-hybridized carbons (Fsp3) is 0.185. The fourth-order valence-electron chi connectivity index (χ4n) is 3.68. The minimum absolute atomic E-state index is 0.191. The first-order chi connectivity index (χ1) is 16.7. The number of hydrogen-bond acceptors (Lipinski definition) is 5. The van der Waals surface area contributed by atoms with Gasteiger partial charge in [-0.2, -0.15) is 0 Å². The van der Waals surface area contributed by atoms with Gasteiger partial charge >= 0.3 is 0 Å². The molecule has 4 rings (SSSR count). The van der Waals surface area contributed by atoms with E-state index in [1.807, 2.05) is 69.3 Å². The summed E-state index contributed by atoms with van der Waals surface area (Å²) in [6.45, 7) is 5.77. The van der Waals surface area contributed by atoms with Gasteiger partial charge in [-0.1, -0.05) is 29.8 Å². The van der Waals surface area contributed by atoms with E-state index in [1.165, 1.54) is 4.57 Å². The number of nitrogens with zero attached hydrogens (tertiary/aromatic N) is 2. The van der Waals surface area contributed by atoms with Crippen LogP contribution in [0.1, 0.15) is 16.7 Å². The van der Waals surface area contributed by atoms with Crippen LogP contribution in [0.15, 0.2) is 78.1 Å². The van der Waals surface area contributed by atoms with Gasteiger partial charge in [0.2, 0.25) is 20.9 Å². The molecule has 0 atom stereocenters. The Morgan fingerprint density at radius 1 is 0.971 bits per heavy atom. The highest BCUT2D eigenvalue weighted by Gasteiger charge is 2.27. The molecule has 0 spiro atoms. The molecular weight excluding hydrogens is 462 g/mol. The molecule has 0 bridgehead atoms. The Morgan fingerprint density at radius 3 is 2.31 bits per heavy atom. The van der Waals surface area contributed by atoms with Crippen LogP contribution in [0, 0.1) is 20.8 Å². The first-order valence-electron chi connectivity index (χ1n) is 11.1. The maximum atomic E-state index is 13.4. The summed E-state index contributed by atoms with van der Waals surface area (Å²) >= 11 is 0. The van der Waals surface area contributed by atoms with Crippen LogP contribution >= 0.6 is 0 Å². The van der Waals surface area contributed by atoms with Crippen molar-refractivity contribution in [3.63, 3.8) is 0 Å². The third-order valence-electron chi connectivity index (χ3n) is 5.85. The van der Waals surface area contributed by atoms with Crippen molar-refractivity contribution in [3.8, 4) is 22.7 Å². The smallest absolute Gasteiger partial charge is 0.240 e. The van der Waals surface area contributed by atoms with Crippen molar-refractivity contribution in [1.82, 2.24) is 9.55 Å². The summed E-state index contributed by atoms with van der Waals surface area (Å²) in [6, 6.07) is 20.1. The lowest BCUT2D eigenvalue weighted by atomic mass is 10.1. The predicted molar refractivity (Wildman–Crippen MR) is 137 cm³/mol. The summed E-state index contributed by atoms with van der Waals surface area (Å²) in [5, 5.41) is 2.53. The molecule has 3 aromatic carbocycles. The number of aryl methyl sites for hydroxylation is 2. The molecule has 0 aliphatic carbocycles. The molecule has 4 aromatic rings. The number of carbonyl (C=O) groups is 1. The normalized spacial score (nSPS) is 11.3. The SMILES string of the molecule is COc1ccc(-c2cn(-c3ccc(C)cc3)c(S(=O)(=O)CC(=O)Nc3cccc(C)c3C)n2)cc1. The number of nitrogens with one attached hydrogen (secondary N) is 1. The second kappa shape index (κ2) is 9.76. The van der Waals surface area contributed by atoms with Gasteiger partial charge in [-0.25, -0.2) is 13.4 Å². The maximum Gasteiger partial charge on any atom is 0.240 e. The summed E-state index contributed by atoms with van der Waals surface area (Å²) in [4.78, 5) is 17.2. The van der Waals surface area contributed by atoms with E-state index >= 15 is 0 Å². The number of sulfone groups is 1. The number of imidazole rings is 1. The molecule has 8 heteroatoms. The van der Waals surface area contributed by atoms with Gasteiger partial charge in [0.25, 0.3) is 0 Å². The highest BCUT2D eigenvalue weighted by Crippen LogP contribution is 2.27. The lowest BCUT2D eigenvalue weighted by Gasteiger charge is -2.11. The van der Waals surface area contributed by atoms with Crippen molar-refractivity contribution in [2.75, 3.05) is 18.2 Å². The van der Waals surface area contributed by atoms with Gasteiger partial charge in [-0.3, -0.25) is 9.36 Å². The van der Waals surface area contributed by atoms with Crippen LogP contribution in [0.4, 0.5) is 5.69 Å². The first-order valence-corrected chi connectivity index (χ1v) is 12.7. The highest BCUT2D eigenvalue weighted by molar-refractivity contribution is 7.92. The van der Waals surface area contributed by atoms with E-state index in [0.717, 1.165) is 22.3 Å². The summed E-state index contributed by atoms with van der Waals surface area (Å²) in [6.07, 6.45) is 1.67. The van der Waals surface area contributed by atoms with Crippen LogP contribution < -0.4 is 10.1 Å². The molecule has 1 aromatic heterocycles. The minimum atomic E-state index is -4.08. The average Bonchev–Trinajstić information content (AvgIpc) is 3.29. The summed E-state index contributed by atoms with van der Waals surface area (Å²) in [5.74, 6) is -0.670. The van der Waals surface area contributed by atoms with E-state index < -0.39 is 21.5 Å². The van der Waals surface area contributed by atoms with Gasteiger partial charge in [0.15, 0.2) is 0 Å². The molecule has 1 N–H and O–H groups in total. The quantitative estimate of drug-likeness (QED) is 0.399. The van der Waals surface area contributed by atoms with Crippen molar-refractivity contribution in [2.45, 2.75) is 25.9 Å². The van der Waals surface area contributed by atoms with Gasteiger partial charge in [-0.05, 0) is 74.4 Å². The van der Waals surface area contributed by atoms with Crippen molar-refractivity contribution in [2.24, 2.45) is 0 Å². The molecule has 0 radical (unpaired) electrons. The largest absolute Gasteiger partial charge is 0.497 e. The zero-order valence-electron chi connectivity index (χ0n) is 20.1. The van der Waals surface area contributed by atoms with Gasteiger partial charge in [0, 0.05) is 23.1 Å². The monoisotopic (exact) mass is 489 g/mol. The number of ether oxygens (including phenoxy) is 1. The van der Waals surface area contributed by atoms with Gasteiger partial charge in [0.1, 0.15) is 11.5 Å². The van der Waals surface area contributed by atoms with Crippen LogP contribution in [-0.2, 0) is 14.6 Å². The number of amides is 1. The van der Waals surface area contributed by atoms with Crippen LogP contribution in [0.2, 0.25) is 0 Å². The van der Waals surface area contributed by atoms with E-state index in [4.69, 9.17) is 4.74 Å². The molecule has 1 heterocycles. The first kappa shape index (κ1) is 24.2. The van der Waals surface area contributed by atoms with E-state index in [9.17, 15) is 13.2 Å². The Balaban J connectivity index is 1.71. The molecule has 35 heavy (non-hydrogen) atoms. The Kier molecular flexibility index (Phi) is 6.75. The lowest BCUT2D eigenvalue weighted by Crippen LogP contribution is -2.25. The Labute approximate surface area is 205 Å². The third-order valence-corrected chi connectivity index (χ3v) is 7.34. The number of rotatable bonds is 7. The van der Waals surface area contributed by atoms with Crippen LogP contribution in [-0.4, -0.2) is 36.7 Å². The topological polar surface area (TPSA) is 90.3 Å². The van der Waals surface area contributed by atoms with E-state index in [2.05, 4.69) is 10.3 Å². The minimum Gasteiger partial charge on any atom is -0.497 e. The molecule has 180 valence electrons. The maximum absolute atomic E-state index is 13.4. The number of benzene rings is 3. The van der Waals surface area contributed by atoms with Crippen molar-refractivity contribution in [1.29, 1.82) is 0 Å². The number of carbonyl (C=O) groups excluding carboxylic acids is 1. The van der Waals surface area contributed by atoms with E-state index in [0.29, 0.717) is 22.8 Å². The molecule has 1 amide bonds. The second-order valence-electron chi connectivity index (χ2n) is 8.40. The van der Waals surface area contributed by atoms with Gasteiger partial charge in [0.05, 0.1) is 12.8 Å². The number of aromatic nitrogens is 2. The lowest BCUT2D eigenvalue weighted by molar-refractivity contribution is -0.113. The molecule has 7 nitrogen and oxygen atoms in total. The van der Waals surface area contributed by atoms with Crippen molar-refractivity contribution >= 4 is 21.4 Å². The second-order valence-corrected chi connectivity index (χ2v) is 10.3. The summed E-state index contributed by atoms with van der Waals surface area (Å²) < 4.78 is 33.6. The zero-order chi connectivity index (χ0) is 25.2. The molecule has 0 unspecified atom stereocenters. The molecule has 0 saturated carbocycles. The third kappa shape index (κ3) is 5.27. The standard InChI is InChI=1S/C27H27N3O4S/c1-18-8-12-22(13-9-18)30-16-25(21-10-14-23(34-4)15-11-21)29-27(30)35(32,33)17-26(31)28-24-7-5-6-19(2)20(24)3/h5-16H,17H2,1-4H3,(H,28,31). The zero-order valence-corrected chi connectivity index (χ0v) is 20.9. The van der Waals surface area contributed by atoms with Gasteiger partial charge in [-0.15, -0.1) is 0 Å². The molecular formula is C27H27N3O4S. The molecule has 0 aliphatic rings. The number of methoxy groups -OCH3 is 1. The Hall–Kier alpha value is -3.91. The number of hydrogen-bond donors (Lipinski definition) is 1. The Morgan fingerprint density at radius 2 is 1.66 bits per heavy atom. The van der Waals surface area contributed by atoms with E-state index in [-0.39, 0.29) is 5.16 Å². The molecule has 0 fully saturated rings. The van der Waals surface area contributed by atoms with E-state index in [1.54, 1.807) is 31.5 Å². The van der Waals surface area contributed by atoms with Crippen LogP contribution in [0.3, 0.4) is 0 Å². The summed E-state index contributed by atoms with van der Waals surface area (Å²) in [5.41, 5.74) is 5.37. The van der Waals surface area contributed by atoms with Crippen LogP contribution in [0.5, 0.6) is 5.75 Å². The fourth-order valence-corrected chi connectivity index (χ4v) is 4.93. The van der Waals surface area contributed by atoms with Crippen LogP contribution in [0.25, 0.3) is 16.9 Å². The Bertz CT molecular complexity index is 1470.